The number of H-pyrrole nitrogens is 1. The number of aromatic nitrogens is 2. The van der Waals surface area contributed by atoms with Crippen molar-refractivity contribution in [1.29, 1.82) is 0 Å². The fourth-order valence-electron chi connectivity index (χ4n) is 2.70. The van der Waals surface area contributed by atoms with Crippen LogP contribution in [0.5, 0.6) is 0 Å². The minimum Gasteiger partial charge on any atom is -0.308 e. The number of hydrogen-bond donors (Lipinski definition) is 2. The van der Waals surface area contributed by atoms with Crippen LogP contribution < -0.4 is 5.32 Å². The molecule has 2 N–H and O–H groups in total. The van der Waals surface area contributed by atoms with Gasteiger partial charge in [-0.2, -0.15) is 5.10 Å². The Bertz CT molecular complexity index is 502. The second kappa shape index (κ2) is 4.34. The van der Waals surface area contributed by atoms with Gasteiger partial charge in [-0.15, -0.1) is 0 Å². The van der Waals surface area contributed by atoms with E-state index in [1.54, 1.807) is 6.20 Å². The highest BCUT2D eigenvalue weighted by molar-refractivity contribution is 5.38. The molecule has 1 aliphatic rings. The summed E-state index contributed by atoms with van der Waals surface area (Å²) in [6, 6.07) is 9.08. The van der Waals surface area contributed by atoms with Gasteiger partial charge >= 0.3 is 0 Å². The molecule has 1 aromatic heterocycles. The highest BCUT2D eigenvalue weighted by Crippen LogP contribution is 2.27. The van der Waals surface area contributed by atoms with E-state index in [0.717, 1.165) is 5.69 Å². The summed E-state index contributed by atoms with van der Waals surface area (Å²) in [4.78, 5) is 0. The van der Waals surface area contributed by atoms with Crippen molar-refractivity contribution in [2.75, 3.05) is 7.05 Å². The van der Waals surface area contributed by atoms with Crippen LogP contribution in [-0.2, 0) is 12.8 Å². The summed E-state index contributed by atoms with van der Waals surface area (Å²) in [7, 11) is 1.98. The minimum absolute atomic E-state index is 0.211. The number of benzene rings is 1. The zero-order valence-electron chi connectivity index (χ0n) is 10.0. The van der Waals surface area contributed by atoms with Crippen molar-refractivity contribution in [3.63, 3.8) is 0 Å². The zero-order valence-corrected chi connectivity index (χ0v) is 10.0. The number of hydrogen-bond acceptors (Lipinski definition) is 2. The summed E-state index contributed by atoms with van der Waals surface area (Å²) in [5, 5.41) is 10.4. The van der Waals surface area contributed by atoms with Crippen molar-refractivity contribution in [2.45, 2.75) is 25.3 Å². The molecule has 1 atom stereocenters. The van der Waals surface area contributed by atoms with E-state index in [-0.39, 0.29) is 6.04 Å². The van der Waals surface area contributed by atoms with Crippen molar-refractivity contribution >= 4 is 0 Å². The maximum Gasteiger partial charge on any atom is 0.0743 e. The minimum atomic E-state index is 0.211. The molecule has 3 nitrogen and oxygen atoms in total. The third-order valence-corrected chi connectivity index (χ3v) is 3.58. The van der Waals surface area contributed by atoms with Crippen LogP contribution >= 0.6 is 0 Å². The Hall–Kier alpha value is -1.61. The molecule has 0 saturated carbocycles. The number of rotatable bonds is 3. The highest BCUT2D eigenvalue weighted by Gasteiger charge is 2.17. The number of fused-ring (bicyclic) bond motifs is 1. The molecule has 0 fully saturated rings. The van der Waals surface area contributed by atoms with Crippen LogP contribution in [-0.4, -0.2) is 17.2 Å². The third kappa shape index (κ3) is 1.87. The molecule has 1 aliphatic carbocycles. The van der Waals surface area contributed by atoms with E-state index in [0.29, 0.717) is 0 Å². The van der Waals surface area contributed by atoms with E-state index in [1.165, 1.54) is 36.0 Å². The number of nitrogens with zero attached hydrogens (tertiary/aromatic N) is 1. The molecule has 0 bridgehead atoms. The fraction of sp³-hybridized carbons (Fsp3) is 0.357. The molecule has 0 aliphatic heterocycles. The Labute approximate surface area is 101 Å². The zero-order chi connectivity index (χ0) is 11.7. The molecular formula is C14H17N3. The van der Waals surface area contributed by atoms with Gasteiger partial charge in [-0.1, -0.05) is 18.2 Å². The van der Waals surface area contributed by atoms with Gasteiger partial charge in [0, 0.05) is 6.20 Å². The lowest BCUT2D eigenvalue weighted by molar-refractivity contribution is 0.667. The predicted molar refractivity (Wildman–Crippen MR) is 68.0 cm³/mol. The van der Waals surface area contributed by atoms with E-state index >= 15 is 0 Å². The first-order valence-electron chi connectivity index (χ1n) is 6.16. The van der Waals surface area contributed by atoms with E-state index < -0.39 is 0 Å². The molecule has 1 heterocycles. The first-order valence-corrected chi connectivity index (χ1v) is 6.16. The normalized spacial score (nSPS) is 15.8. The lowest BCUT2D eigenvalue weighted by Gasteiger charge is -2.16. The number of aryl methyl sites for hydroxylation is 2. The summed E-state index contributed by atoms with van der Waals surface area (Å²) in [5.74, 6) is 0. The second-order valence-corrected chi connectivity index (χ2v) is 4.62. The first-order chi connectivity index (χ1) is 8.38. The van der Waals surface area contributed by atoms with Crippen LogP contribution in [0.2, 0.25) is 0 Å². The van der Waals surface area contributed by atoms with E-state index in [1.807, 2.05) is 13.1 Å². The fourth-order valence-corrected chi connectivity index (χ4v) is 2.70. The van der Waals surface area contributed by atoms with Gasteiger partial charge in [-0.05, 0) is 49.1 Å². The summed E-state index contributed by atoms with van der Waals surface area (Å²) in [5.41, 5.74) is 5.47. The molecule has 1 aromatic carbocycles. The Morgan fingerprint density at radius 3 is 2.88 bits per heavy atom. The summed E-state index contributed by atoms with van der Waals surface area (Å²) < 4.78 is 0. The van der Waals surface area contributed by atoms with Crippen LogP contribution in [0, 0.1) is 0 Å². The lowest BCUT2D eigenvalue weighted by atomic mass is 9.99. The van der Waals surface area contributed by atoms with Gasteiger partial charge in [-0.25, -0.2) is 0 Å². The van der Waals surface area contributed by atoms with Crippen molar-refractivity contribution in [3.05, 3.63) is 52.8 Å². The molecule has 0 saturated heterocycles. The standard InChI is InChI=1S/C14H17N3/c1-15-14(13-7-8-16-17-13)12-6-5-10-3-2-4-11(10)9-12/h5-9,14-15H,2-4H2,1H3,(H,16,17). The molecule has 3 heteroatoms. The molecule has 0 spiro atoms. The number of nitrogens with one attached hydrogen (secondary N) is 2. The maximum atomic E-state index is 4.02. The summed E-state index contributed by atoms with van der Waals surface area (Å²) in [6.45, 7) is 0. The van der Waals surface area contributed by atoms with Gasteiger partial charge in [-0.3, -0.25) is 5.10 Å². The van der Waals surface area contributed by atoms with Crippen LogP contribution in [0.1, 0.15) is 34.8 Å². The van der Waals surface area contributed by atoms with Gasteiger partial charge in [0.15, 0.2) is 0 Å². The van der Waals surface area contributed by atoms with Crippen molar-refractivity contribution in [1.82, 2.24) is 15.5 Å². The largest absolute Gasteiger partial charge is 0.308 e. The van der Waals surface area contributed by atoms with Gasteiger partial charge < -0.3 is 5.32 Å². The molecule has 0 radical (unpaired) electrons. The van der Waals surface area contributed by atoms with Crippen LogP contribution in [0.3, 0.4) is 0 Å². The van der Waals surface area contributed by atoms with E-state index in [4.69, 9.17) is 0 Å². The Morgan fingerprint density at radius 2 is 2.12 bits per heavy atom. The molecule has 2 aromatic rings. The van der Waals surface area contributed by atoms with Gasteiger partial charge in [0.25, 0.3) is 0 Å². The Kier molecular flexibility index (Phi) is 2.69. The molecule has 88 valence electrons. The van der Waals surface area contributed by atoms with E-state index in [9.17, 15) is 0 Å². The van der Waals surface area contributed by atoms with Gasteiger partial charge in [0.05, 0.1) is 11.7 Å². The van der Waals surface area contributed by atoms with Gasteiger partial charge in [0.2, 0.25) is 0 Å². The SMILES string of the molecule is CNC(c1ccc2c(c1)CCC2)c1ccn[nH]1. The van der Waals surface area contributed by atoms with Crippen LogP contribution in [0.15, 0.2) is 30.5 Å². The highest BCUT2D eigenvalue weighted by atomic mass is 15.1. The Morgan fingerprint density at radius 1 is 1.24 bits per heavy atom. The summed E-state index contributed by atoms with van der Waals surface area (Å²) >= 11 is 0. The quantitative estimate of drug-likeness (QED) is 0.844. The molecule has 1 unspecified atom stereocenters. The smallest absolute Gasteiger partial charge is 0.0743 e. The second-order valence-electron chi connectivity index (χ2n) is 4.62. The van der Waals surface area contributed by atoms with Crippen molar-refractivity contribution in [3.8, 4) is 0 Å². The maximum absolute atomic E-state index is 4.02. The summed E-state index contributed by atoms with van der Waals surface area (Å²) in [6.07, 6.45) is 5.56. The Balaban J connectivity index is 1.97. The molecule has 3 rings (SSSR count). The van der Waals surface area contributed by atoms with Gasteiger partial charge in [0.1, 0.15) is 0 Å². The van der Waals surface area contributed by atoms with Crippen molar-refractivity contribution < 1.29 is 0 Å². The van der Waals surface area contributed by atoms with E-state index in [2.05, 4.69) is 33.7 Å². The first kappa shape index (κ1) is 10.5. The average Bonchev–Trinajstić information content (AvgIpc) is 2.99. The molecule has 17 heavy (non-hydrogen) atoms. The number of aromatic amines is 1. The van der Waals surface area contributed by atoms with Crippen molar-refractivity contribution in [2.24, 2.45) is 0 Å². The van der Waals surface area contributed by atoms with Crippen LogP contribution in [0.4, 0.5) is 0 Å². The monoisotopic (exact) mass is 227 g/mol. The molecular weight excluding hydrogens is 210 g/mol. The lowest BCUT2D eigenvalue weighted by Crippen LogP contribution is -2.18. The average molecular weight is 227 g/mol. The van der Waals surface area contributed by atoms with Crippen LogP contribution in [0.25, 0.3) is 0 Å². The predicted octanol–water partition coefficient (Wildman–Crippen LogP) is 2.21. The molecule has 0 amide bonds. The third-order valence-electron chi connectivity index (χ3n) is 3.58. The topological polar surface area (TPSA) is 40.7 Å².